The number of anilines is 1. The maximum absolute atomic E-state index is 11.8. The van der Waals surface area contributed by atoms with E-state index in [0.29, 0.717) is 6.42 Å². The number of rotatable bonds is 5. The van der Waals surface area contributed by atoms with Crippen LogP contribution in [0.5, 0.6) is 0 Å². The molecule has 1 atom stereocenters. The number of fused-ring (bicyclic) bond motifs is 1. The number of nitrogens with zero attached hydrogens (tertiary/aromatic N) is 1. The first kappa shape index (κ1) is 14.3. The third-order valence-electron chi connectivity index (χ3n) is 2.75. The zero-order chi connectivity index (χ0) is 13.8. The Hall–Kier alpha value is -1.11. The number of amides is 1. The number of benzene rings is 1. The van der Waals surface area contributed by atoms with E-state index in [4.69, 9.17) is 5.73 Å². The third kappa shape index (κ3) is 3.46. The quantitative estimate of drug-likeness (QED) is 0.832. The second kappa shape index (κ2) is 6.36. The van der Waals surface area contributed by atoms with Gasteiger partial charge in [-0.3, -0.25) is 4.79 Å². The summed E-state index contributed by atoms with van der Waals surface area (Å²) in [5.74, 6) is -0.129. The Kier molecular flexibility index (Phi) is 4.79. The van der Waals surface area contributed by atoms with E-state index in [2.05, 4.69) is 10.3 Å². The molecule has 2 aromatic rings. The van der Waals surface area contributed by atoms with Crippen molar-refractivity contribution in [2.75, 3.05) is 11.6 Å². The highest BCUT2D eigenvalue weighted by Crippen LogP contribution is 2.29. The van der Waals surface area contributed by atoms with Crippen LogP contribution in [0.15, 0.2) is 22.5 Å². The smallest absolute Gasteiger partial charge is 0.241 e. The predicted octanol–water partition coefficient (Wildman–Crippen LogP) is 3.08. The highest BCUT2D eigenvalue weighted by molar-refractivity contribution is 8.00. The van der Waals surface area contributed by atoms with E-state index in [1.54, 1.807) is 23.1 Å². The van der Waals surface area contributed by atoms with E-state index in [1.807, 2.05) is 31.4 Å². The molecular weight excluding hydrogens is 278 g/mol. The first-order valence-corrected chi connectivity index (χ1v) is 8.19. The molecule has 0 unspecified atom stereocenters. The monoisotopic (exact) mass is 295 g/mol. The molecule has 19 heavy (non-hydrogen) atoms. The van der Waals surface area contributed by atoms with Gasteiger partial charge in [-0.05, 0) is 30.9 Å². The lowest BCUT2D eigenvalue weighted by molar-refractivity contribution is -0.117. The number of nitrogens with one attached hydrogen (secondary N) is 1. The predicted molar refractivity (Wildman–Crippen MR) is 82.9 cm³/mol. The van der Waals surface area contributed by atoms with Crippen LogP contribution in [0.3, 0.4) is 0 Å². The van der Waals surface area contributed by atoms with Crippen molar-refractivity contribution >= 4 is 44.9 Å². The standard InChI is InChI=1S/C13H17N3OS2/c1-3-4-9(14)12(17)15-8-5-6-10-11(7-8)19-13(16-10)18-2/h5-7,9H,3-4,14H2,1-2H3,(H,15,17)/t9-/m1/s1. The van der Waals surface area contributed by atoms with Gasteiger partial charge in [0.05, 0.1) is 16.3 Å². The summed E-state index contributed by atoms with van der Waals surface area (Å²) in [6, 6.07) is 5.29. The van der Waals surface area contributed by atoms with E-state index >= 15 is 0 Å². The lowest BCUT2D eigenvalue weighted by Gasteiger charge is -2.10. The topological polar surface area (TPSA) is 68.0 Å². The molecule has 0 spiro atoms. The van der Waals surface area contributed by atoms with Gasteiger partial charge < -0.3 is 11.1 Å². The highest BCUT2D eigenvalue weighted by Gasteiger charge is 2.13. The van der Waals surface area contributed by atoms with Crippen molar-refractivity contribution in [2.24, 2.45) is 5.73 Å². The molecule has 6 heteroatoms. The number of carbonyl (C=O) groups excluding carboxylic acids is 1. The van der Waals surface area contributed by atoms with Crippen LogP contribution in [-0.4, -0.2) is 23.2 Å². The summed E-state index contributed by atoms with van der Waals surface area (Å²) in [6.07, 6.45) is 3.61. The zero-order valence-corrected chi connectivity index (χ0v) is 12.6. The number of thioether (sulfide) groups is 1. The Labute approximate surface area is 120 Å². The lowest BCUT2D eigenvalue weighted by atomic mass is 10.1. The van der Waals surface area contributed by atoms with Crippen LogP contribution in [-0.2, 0) is 4.79 Å². The van der Waals surface area contributed by atoms with Crippen molar-refractivity contribution in [1.82, 2.24) is 4.98 Å². The van der Waals surface area contributed by atoms with Gasteiger partial charge in [0.15, 0.2) is 4.34 Å². The number of hydrogen-bond donors (Lipinski definition) is 2. The molecule has 1 heterocycles. The highest BCUT2D eigenvalue weighted by atomic mass is 32.2. The van der Waals surface area contributed by atoms with Crippen LogP contribution in [0.25, 0.3) is 10.2 Å². The van der Waals surface area contributed by atoms with Gasteiger partial charge in [0.1, 0.15) is 0 Å². The Morgan fingerprint density at radius 2 is 2.37 bits per heavy atom. The second-order valence-electron chi connectivity index (χ2n) is 4.25. The number of carbonyl (C=O) groups is 1. The number of aromatic nitrogens is 1. The van der Waals surface area contributed by atoms with Gasteiger partial charge in [-0.15, -0.1) is 11.3 Å². The van der Waals surface area contributed by atoms with Gasteiger partial charge in [0.25, 0.3) is 0 Å². The first-order valence-electron chi connectivity index (χ1n) is 6.15. The molecule has 1 aromatic heterocycles. The maximum Gasteiger partial charge on any atom is 0.241 e. The minimum Gasteiger partial charge on any atom is -0.325 e. The molecular formula is C13H17N3OS2. The van der Waals surface area contributed by atoms with Crippen LogP contribution >= 0.6 is 23.1 Å². The Balaban J connectivity index is 2.14. The van der Waals surface area contributed by atoms with E-state index in [9.17, 15) is 4.79 Å². The van der Waals surface area contributed by atoms with E-state index < -0.39 is 6.04 Å². The molecule has 4 nitrogen and oxygen atoms in total. The van der Waals surface area contributed by atoms with Gasteiger partial charge in [-0.25, -0.2) is 4.98 Å². The molecule has 3 N–H and O–H groups in total. The summed E-state index contributed by atoms with van der Waals surface area (Å²) in [5, 5.41) is 2.85. The summed E-state index contributed by atoms with van der Waals surface area (Å²) in [5.41, 5.74) is 7.53. The van der Waals surface area contributed by atoms with E-state index in [1.165, 1.54) is 0 Å². The van der Waals surface area contributed by atoms with Crippen LogP contribution in [0.1, 0.15) is 19.8 Å². The molecule has 1 aromatic carbocycles. The minimum atomic E-state index is -0.441. The summed E-state index contributed by atoms with van der Waals surface area (Å²) >= 11 is 3.25. The van der Waals surface area contributed by atoms with Crippen LogP contribution < -0.4 is 11.1 Å². The van der Waals surface area contributed by atoms with E-state index in [-0.39, 0.29) is 5.91 Å². The van der Waals surface area contributed by atoms with Crippen molar-refractivity contribution in [3.63, 3.8) is 0 Å². The van der Waals surface area contributed by atoms with Crippen LogP contribution in [0.4, 0.5) is 5.69 Å². The minimum absolute atomic E-state index is 0.129. The van der Waals surface area contributed by atoms with Gasteiger partial charge in [-0.2, -0.15) is 0 Å². The second-order valence-corrected chi connectivity index (χ2v) is 6.33. The van der Waals surface area contributed by atoms with Crippen molar-refractivity contribution in [2.45, 2.75) is 30.1 Å². The summed E-state index contributed by atoms with van der Waals surface area (Å²) < 4.78 is 2.10. The van der Waals surface area contributed by atoms with Gasteiger partial charge in [-0.1, -0.05) is 25.1 Å². The van der Waals surface area contributed by atoms with Gasteiger partial charge in [0.2, 0.25) is 5.91 Å². The zero-order valence-electron chi connectivity index (χ0n) is 11.0. The summed E-state index contributed by atoms with van der Waals surface area (Å²) in [7, 11) is 0. The molecule has 0 aliphatic rings. The molecule has 102 valence electrons. The lowest BCUT2D eigenvalue weighted by Crippen LogP contribution is -2.35. The molecule has 2 rings (SSSR count). The maximum atomic E-state index is 11.8. The SMILES string of the molecule is CCC[C@@H](N)C(=O)Nc1ccc2nc(SC)sc2c1. The average Bonchev–Trinajstić information content (AvgIpc) is 2.81. The molecule has 1 amide bonds. The van der Waals surface area contributed by atoms with E-state index in [0.717, 1.165) is 26.7 Å². The van der Waals surface area contributed by atoms with Gasteiger partial charge >= 0.3 is 0 Å². The number of nitrogens with two attached hydrogens (primary N) is 1. The Morgan fingerprint density at radius 3 is 3.05 bits per heavy atom. The first-order chi connectivity index (χ1) is 9.13. The normalized spacial score (nSPS) is 12.6. The largest absolute Gasteiger partial charge is 0.325 e. The Bertz CT molecular complexity index is 582. The van der Waals surface area contributed by atoms with Crippen molar-refractivity contribution < 1.29 is 4.79 Å². The molecule has 0 fully saturated rings. The molecule has 0 bridgehead atoms. The summed E-state index contributed by atoms with van der Waals surface area (Å²) in [6.45, 7) is 2.01. The average molecular weight is 295 g/mol. The van der Waals surface area contributed by atoms with Crippen LogP contribution in [0, 0.1) is 0 Å². The van der Waals surface area contributed by atoms with Crippen molar-refractivity contribution in [3.8, 4) is 0 Å². The Morgan fingerprint density at radius 1 is 1.58 bits per heavy atom. The number of thiazole rings is 1. The fourth-order valence-corrected chi connectivity index (χ4v) is 3.27. The molecule has 0 saturated heterocycles. The van der Waals surface area contributed by atoms with Crippen molar-refractivity contribution in [3.05, 3.63) is 18.2 Å². The van der Waals surface area contributed by atoms with Crippen molar-refractivity contribution in [1.29, 1.82) is 0 Å². The summed E-state index contributed by atoms with van der Waals surface area (Å²) in [4.78, 5) is 16.3. The molecule has 0 radical (unpaired) electrons. The number of hydrogen-bond acceptors (Lipinski definition) is 5. The fourth-order valence-electron chi connectivity index (χ4n) is 1.75. The molecule has 0 saturated carbocycles. The third-order valence-corrected chi connectivity index (χ3v) is 4.75. The fraction of sp³-hybridized carbons (Fsp3) is 0.385. The van der Waals surface area contributed by atoms with Crippen LogP contribution in [0.2, 0.25) is 0 Å². The van der Waals surface area contributed by atoms with Gasteiger partial charge in [0, 0.05) is 5.69 Å². The molecule has 0 aliphatic heterocycles. The molecule has 0 aliphatic carbocycles.